The highest BCUT2D eigenvalue weighted by molar-refractivity contribution is 7.92. The number of nitrogens with zero attached hydrogens (tertiary/aromatic N) is 2. The smallest absolute Gasteiger partial charge is 0.232 e. The lowest BCUT2D eigenvalue weighted by molar-refractivity contribution is 0.0743. The molecule has 3 aromatic rings. The summed E-state index contributed by atoms with van der Waals surface area (Å²) in [6.45, 7) is 3.02. The van der Waals surface area contributed by atoms with Crippen molar-refractivity contribution in [3.8, 4) is 17.1 Å². The van der Waals surface area contributed by atoms with Crippen LogP contribution in [0.15, 0.2) is 66.9 Å². The van der Waals surface area contributed by atoms with E-state index in [2.05, 4.69) is 4.98 Å². The fourth-order valence-corrected chi connectivity index (χ4v) is 4.48. The minimum atomic E-state index is -3.97. The molecule has 2 aromatic carbocycles. The number of sulfone groups is 1. The van der Waals surface area contributed by atoms with E-state index in [0.29, 0.717) is 16.8 Å². The van der Waals surface area contributed by atoms with Crippen LogP contribution in [0.1, 0.15) is 31.5 Å². The van der Waals surface area contributed by atoms with Crippen LogP contribution in [0.4, 0.5) is 13.2 Å². The molecule has 1 atom stereocenters. The number of aromatic nitrogens is 2. The van der Waals surface area contributed by atoms with Gasteiger partial charge in [0.15, 0.2) is 15.7 Å². The van der Waals surface area contributed by atoms with Crippen LogP contribution >= 0.6 is 0 Å². The van der Waals surface area contributed by atoms with Crippen LogP contribution in [0, 0.1) is 11.6 Å². The first kappa shape index (κ1) is 24.0. The topological polar surface area (TPSA) is 72.2 Å². The van der Waals surface area contributed by atoms with E-state index >= 15 is 0 Å². The molecule has 0 radical (unpaired) electrons. The molecule has 1 N–H and O–H groups in total. The zero-order valence-corrected chi connectivity index (χ0v) is 19.6. The lowest BCUT2D eigenvalue weighted by Gasteiger charge is -2.24. The Labute approximate surface area is 195 Å². The van der Waals surface area contributed by atoms with Crippen molar-refractivity contribution in [2.24, 2.45) is 0 Å². The Kier molecular flexibility index (Phi) is 5.81. The maximum Gasteiger partial charge on any atom is 0.232 e. The summed E-state index contributed by atoms with van der Waals surface area (Å²) < 4.78 is 69.3. The van der Waals surface area contributed by atoms with E-state index in [4.69, 9.17) is 0 Å². The predicted octanol–water partition coefficient (Wildman–Crippen LogP) is 5.10. The lowest BCUT2D eigenvalue weighted by Crippen LogP contribution is -2.32. The Balaban J connectivity index is 1.77. The van der Waals surface area contributed by atoms with Crippen molar-refractivity contribution in [1.29, 1.82) is 0 Å². The second-order valence-electron chi connectivity index (χ2n) is 8.81. The molecule has 1 aliphatic rings. The van der Waals surface area contributed by atoms with E-state index in [1.807, 2.05) is 0 Å². The first-order valence-electron chi connectivity index (χ1n) is 10.4. The molecule has 1 aromatic heterocycles. The predicted molar refractivity (Wildman–Crippen MR) is 125 cm³/mol. The third-order valence-electron chi connectivity index (χ3n) is 5.73. The molecule has 0 saturated carbocycles. The maximum atomic E-state index is 15.0. The average Bonchev–Trinajstić information content (AvgIpc) is 3.19. The molecule has 1 heterocycles. The molecule has 178 valence electrons. The van der Waals surface area contributed by atoms with E-state index < -0.39 is 32.1 Å². The molecule has 0 amide bonds. The van der Waals surface area contributed by atoms with Crippen molar-refractivity contribution >= 4 is 15.4 Å². The summed E-state index contributed by atoms with van der Waals surface area (Å²) >= 11 is 0. The minimum absolute atomic E-state index is 0.0276. The number of aliphatic hydroxyl groups is 1. The van der Waals surface area contributed by atoms with E-state index in [-0.39, 0.29) is 23.5 Å². The van der Waals surface area contributed by atoms with Gasteiger partial charge in [-0.15, -0.1) is 0 Å². The minimum Gasteiger partial charge on any atom is -0.384 e. The largest absolute Gasteiger partial charge is 0.384 e. The molecule has 4 rings (SSSR count). The van der Waals surface area contributed by atoms with Crippen molar-refractivity contribution in [1.82, 2.24) is 9.55 Å². The molecule has 0 saturated heterocycles. The van der Waals surface area contributed by atoms with Gasteiger partial charge in [-0.25, -0.2) is 26.6 Å². The molecule has 1 aliphatic carbocycles. The Bertz CT molecular complexity index is 1400. The van der Waals surface area contributed by atoms with Crippen molar-refractivity contribution in [2.45, 2.75) is 30.9 Å². The van der Waals surface area contributed by atoms with Gasteiger partial charge in [0.2, 0.25) is 5.00 Å². The summed E-state index contributed by atoms with van der Waals surface area (Å²) in [4.78, 5) is 4.30. The van der Waals surface area contributed by atoms with Gasteiger partial charge in [-0.1, -0.05) is 30.4 Å². The Morgan fingerprint density at radius 2 is 1.71 bits per heavy atom. The number of hydrogen-bond acceptors (Lipinski definition) is 4. The Hall–Kier alpha value is -3.17. The maximum absolute atomic E-state index is 15.0. The first-order valence-corrected chi connectivity index (χ1v) is 12.3. The van der Waals surface area contributed by atoms with Gasteiger partial charge in [0.25, 0.3) is 0 Å². The van der Waals surface area contributed by atoms with Crippen molar-refractivity contribution in [3.63, 3.8) is 0 Å². The highest BCUT2D eigenvalue weighted by Crippen LogP contribution is 2.37. The zero-order valence-electron chi connectivity index (χ0n) is 18.8. The molecule has 1 unspecified atom stereocenters. The Morgan fingerprint density at radius 3 is 2.26 bits per heavy atom. The molecule has 0 spiro atoms. The van der Waals surface area contributed by atoms with Gasteiger partial charge in [0.05, 0.1) is 11.3 Å². The molecule has 0 bridgehead atoms. The second-order valence-corrected chi connectivity index (χ2v) is 11.0. The quantitative estimate of drug-likeness (QED) is 0.543. The average molecular weight is 489 g/mol. The van der Waals surface area contributed by atoms with Crippen LogP contribution < -0.4 is 0 Å². The van der Waals surface area contributed by atoms with Crippen LogP contribution in [-0.2, 0) is 15.4 Å². The number of rotatable bonds is 5. The summed E-state index contributed by atoms with van der Waals surface area (Å²) in [5, 5.41) is 7.94. The summed E-state index contributed by atoms with van der Waals surface area (Å²) in [7, 11) is -3.97. The molecule has 0 fully saturated rings. The second kappa shape index (κ2) is 8.25. The van der Waals surface area contributed by atoms with Crippen molar-refractivity contribution in [3.05, 3.63) is 89.8 Å². The van der Waals surface area contributed by atoms with Gasteiger partial charge in [0, 0.05) is 24.6 Å². The molecule has 34 heavy (non-hydrogen) atoms. The van der Waals surface area contributed by atoms with E-state index in [0.717, 1.165) is 24.5 Å². The summed E-state index contributed by atoms with van der Waals surface area (Å²) in [6, 6.07) is 10.1. The van der Waals surface area contributed by atoms with Crippen molar-refractivity contribution in [2.75, 3.05) is 6.26 Å². The van der Waals surface area contributed by atoms with Crippen LogP contribution in [0.5, 0.6) is 0 Å². The monoisotopic (exact) mass is 488 g/mol. The Morgan fingerprint density at radius 1 is 1.09 bits per heavy atom. The number of alkyl halides is 1. The van der Waals surface area contributed by atoms with Gasteiger partial charge in [-0.05, 0) is 55.3 Å². The first-order chi connectivity index (χ1) is 15.8. The molecular weight excluding hydrogens is 465 g/mol. The number of allylic oxidation sites excluding steroid dienone is 3. The summed E-state index contributed by atoms with van der Waals surface area (Å²) in [6.07, 6.45) is 6.06. The normalized spacial score (nSPS) is 18.7. The van der Waals surface area contributed by atoms with Gasteiger partial charge in [-0.3, -0.25) is 4.57 Å². The SMILES string of the molecule is CC(C)(O)c1cn(-c2ccc(C3=CC=CC(F)(S(C)(=O)=O)C3)cc2)c(-c2c(F)cccc2F)n1. The highest BCUT2D eigenvalue weighted by Gasteiger charge is 2.40. The van der Waals surface area contributed by atoms with E-state index in [1.165, 1.54) is 36.8 Å². The van der Waals surface area contributed by atoms with Crippen LogP contribution in [0.2, 0.25) is 0 Å². The van der Waals surface area contributed by atoms with Crippen molar-refractivity contribution < 1.29 is 26.7 Å². The fraction of sp³-hybridized carbons (Fsp3) is 0.240. The number of imidazole rings is 1. The van der Waals surface area contributed by atoms with E-state index in [9.17, 15) is 26.7 Å². The number of benzene rings is 2. The standard InChI is InChI=1S/C25H23F3N2O3S/c1-24(2,31)21-15-30(23(29-21)22-19(26)7-4-8-20(22)27)18-11-9-16(10-12-18)17-6-5-13-25(28,14-17)34(3,32)33/h4-13,15,31H,14H2,1-3H3. The summed E-state index contributed by atoms with van der Waals surface area (Å²) in [5.41, 5.74) is 0.0930. The van der Waals surface area contributed by atoms with Gasteiger partial charge < -0.3 is 5.11 Å². The van der Waals surface area contributed by atoms with Gasteiger partial charge >= 0.3 is 0 Å². The van der Waals surface area contributed by atoms with Gasteiger partial charge in [0.1, 0.15) is 17.2 Å². The highest BCUT2D eigenvalue weighted by atomic mass is 32.2. The van der Waals surface area contributed by atoms with E-state index in [1.54, 1.807) is 30.3 Å². The summed E-state index contributed by atoms with van der Waals surface area (Å²) in [5.74, 6) is -1.63. The van der Waals surface area contributed by atoms with Crippen LogP contribution in [0.3, 0.4) is 0 Å². The lowest BCUT2D eigenvalue weighted by atomic mass is 9.96. The number of hydrogen-bond donors (Lipinski definition) is 1. The third kappa shape index (κ3) is 4.33. The molecule has 0 aliphatic heterocycles. The third-order valence-corrected chi connectivity index (χ3v) is 7.24. The van der Waals surface area contributed by atoms with Crippen LogP contribution in [0.25, 0.3) is 22.6 Å². The van der Waals surface area contributed by atoms with Gasteiger partial charge in [-0.2, -0.15) is 0 Å². The fourth-order valence-electron chi connectivity index (χ4n) is 3.73. The molecule has 9 heteroatoms. The number of halogens is 3. The van der Waals surface area contributed by atoms with Crippen LogP contribution in [-0.4, -0.2) is 34.3 Å². The molecular formula is C25H23F3N2O3S. The zero-order chi connectivity index (χ0) is 24.9. The molecule has 5 nitrogen and oxygen atoms in total.